The third-order valence-electron chi connectivity index (χ3n) is 2.31. The molecule has 0 aliphatic carbocycles. The lowest BCUT2D eigenvalue weighted by Crippen LogP contribution is -2.26. The summed E-state index contributed by atoms with van der Waals surface area (Å²) >= 11 is 0. The van der Waals surface area contributed by atoms with Gasteiger partial charge in [-0.25, -0.2) is 0 Å². The molecule has 2 N–H and O–H groups in total. The summed E-state index contributed by atoms with van der Waals surface area (Å²) in [6.45, 7) is 1.76. The van der Waals surface area contributed by atoms with Gasteiger partial charge in [0, 0.05) is 14.1 Å². The number of carbonyl (C=O) groups is 1. The Bertz CT molecular complexity index is 374. The topological polar surface area (TPSA) is 60.8 Å². The first kappa shape index (κ1) is 11.4. The van der Waals surface area contributed by atoms with Crippen LogP contribution in [0.3, 0.4) is 0 Å². The van der Waals surface area contributed by atoms with Crippen molar-refractivity contribution in [2.75, 3.05) is 14.1 Å². The molecule has 15 heavy (non-hydrogen) atoms. The van der Waals surface area contributed by atoms with Crippen molar-refractivity contribution in [3.8, 4) is 11.5 Å². The van der Waals surface area contributed by atoms with Crippen molar-refractivity contribution >= 4 is 5.91 Å². The van der Waals surface area contributed by atoms with Gasteiger partial charge in [-0.3, -0.25) is 4.79 Å². The maximum absolute atomic E-state index is 11.6. The minimum absolute atomic E-state index is 0.0416. The van der Waals surface area contributed by atoms with Crippen LogP contribution in [0.1, 0.15) is 18.4 Å². The SMILES string of the molecule is CC(C(=O)N(C)C)c1ccc(O)c(O)c1. The van der Waals surface area contributed by atoms with E-state index in [9.17, 15) is 9.90 Å². The van der Waals surface area contributed by atoms with Gasteiger partial charge in [-0.05, 0) is 24.6 Å². The van der Waals surface area contributed by atoms with E-state index in [1.807, 2.05) is 0 Å². The molecule has 0 spiro atoms. The van der Waals surface area contributed by atoms with E-state index in [1.165, 1.54) is 17.0 Å². The van der Waals surface area contributed by atoms with E-state index in [4.69, 9.17) is 5.11 Å². The number of likely N-dealkylation sites (N-methyl/N-ethyl adjacent to an activating group) is 1. The molecular weight excluding hydrogens is 194 g/mol. The van der Waals surface area contributed by atoms with Gasteiger partial charge in [-0.2, -0.15) is 0 Å². The Labute approximate surface area is 88.8 Å². The van der Waals surface area contributed by atoms with Gasteiger partial charge in [-0.1, -0.05) is 6.07 Å². The quantitative estimate of drug-likeness (QED) is 0.721. The van der Waals surface area contributed by atoms with E-state index in [2.05, 4.69) is 0 Å². The fourth-order valence-electron chi connectivity index (χ4n) is 1.34. The summed E-state index contributed by atoms with van der Waals surface area (Å²) in [6.07, 6.45) is 0. The summed E-state index contributed by atoms with van der Waals surface area (Å²) in [5.74, 6) is -0.749. The number of aromatic hydroxyl groups is 2. The predicted octanol–water partition coefficient (Wildman–Crippen LogP) is 1.29. The number of hydrogen-bond donors (Lipinski definition) is 2. The Morgan fingerprint density at radius 1 is 1.27 bits per heavy atom. The van der Waals surface area contributed by atoms with Gasteiger partial charge in [0.15, 0.2) is 11.5 Å². The van der Waals surface area contributed by atoms with E-state index in [0.717, 1.165) is 0 Å². The maximum Gasteiger partial charge on any atom is 0.229 e. The lowest BCUT2D eigenvalue weighted by Gasteiger charge is -2.17. The van der Waals surface area contributed by atoms with Crippen molar-refractivity contribution in [3.05, 3.63) is 23.8 Å². The van der Waals surface area contributed by atoms with Crippen molar-refractivity contribution in [2.45, 2.75) is 12.8 Å². The largest absolute Gasteiger partial charge is 0.504 e. The van der Waals surface area contributed by atoms with Crippen molar-refractivity contribution in [1.82, 2.24) is 4.90 Å². The molecule has 1 amide bonds. The Hall–Kier alpha value is -1.71. The van der Waals surface area contributed by atoms with Gasteiger partial charge >= 0.3 is 0 Å². The van der Waals surface area contributed by atoms with Crippen LogP contribution in [0.2, 0.25) is 0 Å². The summed E-state index contributed by atoms with van der Waals surface area (Å²) in [5, 5.41) is 18.4. The van der Waals surface area contributed by atoms with Crippen LogP contribution < -0.4 is 0 Å². The number of phenolic OH excluding ortho intramolecular Hbond substituents is 2. The molecule has 0 heterocycles. The minimum Gasteiger partial charge on any atom is -0.504 e. The number of nitrogens with zero attached hydrogens (tertiary/aromatic N) is 1. The second-order valence-electron chi connectivity index (χ2n) is 3.70. The number of rotatable bonds is 2. The van der Waals surface area contributed by atoms with E-state index in [1.54, 1.807) is 27.1 Å². The molecule has 0 aliphatic rings. The number of phenols is 2. The second kappa shape index (κ2) is 4.21. The number of carbonyl (C=O) groups excluding carboxylic acids is 1. The van der Waals surface area contributed by atoms with Crippen LogP contribution in [0.5, 0.6) is 11.5 Å². The third kappa shape index (κ3) is 2.40. The fourth-order valence-corrected chi connectivity index (χ4v) is 1.34. The molecule has 4 heteroatoms. The molecule has 0 bridgehead atoms. The number of amides is 1. The molecule has 82 valence electrons. The molecule has 0 saturated heterocycles. The first-order valence-electron chi connectivity index (χ1n) is 4.66. The summed E-state index contributed by atoms with van der Waals surface area (Å²) in [7, 11) is 3.36. The average Bonchev–Trinajstić information content (AvgIpc) is 2.19. The van der Waals surface area contributed by atoms with E-state index >= 15 is 0 Å². The van der Waals surface area contributed by atoms with Gasteiger partial charge in [-0.15, -0.1) is 0 Å². The summed E-state index contributed by atoms with van der Waals surface area (Å²) in [5.41, 5.74) is 0.684. The zero-order chi connectivity index (χ0) is 11.6. The second-order valence-corrected chi connectivity index (χ2v) is 3.70. The molecule has 0 saturated carbocycles. The molecule has 0 aromatic heterocycles. The molecule has 0 radical (unpaired) electrons. The van der Waals surface area contributed by atoms with Gasteiger partial charge < -0.3 is 15.1 Å². The fraction of sp³-hybridized carbons (Fsp3) is 0.364. The van der Waals surface area contributed by atoms with E-state index < -0.39 is 0 Å². The maximum atomic E-state index is 11.6. The highest BCUT2D eigenvalue weighted by Crippen LogP contribution is 2.28. The van der Waals surface area contributed by atoms with E-state index in [-0.39, 0.29) is 23.3 Å². The Kier molecular flexibility index (Phi) is 3.19. The molecule has 1 unspecified atom stereocenters. The lowest BCUT2D eigenvalue weighted by atomic mass is 9.99. The first-order chi connectivity index (χ1) is 6.93. The Morgan fingerprint density at radius 3 is 2.33 bits per heavy atom. The van der Waals surface area contributed by atoms with Crippen molar-refractivity contribution in [2.24, 2.45) is 0 Å². The summed E-state index contributed by atoms with van der Waals surface area (Å²) in [4.78, 5) is 13.1. The van der Waals surface area contributed by atoms with Gasteiger partial charge in [0.2, 0.25) is 5.91 Å². The highest BCUT2D eigenvalue weighted by atomic mass is 16.3. The highest BCUT2D eigenvalue weighted by molar-refractivity contribution is 5.83. The van der Waals surface area contributed by atoms with Crippen molar-refractivity contribution in [3.63, 3.8) is 0 Å². The predicted molar refractivity (Wildman–Crippen MR) is 56.9 cm³/mol. The molecular formula is C11H15NO3. The van der Waals surface area contributed by atoms with Crippen LogP contribution >= 0.6 is 0 Å². The number of hydrogen-bond acceptors (Lipinski definition) is 3. The zero-order valence-corrected chi connectivity index (χ0v) is 9.06. The van der Waals surface area contributed by atoms with Crippen LogP contribution in [0.4, 0.5) is 0 Å². The molecule has 1 aromatic rings. The standard InChI is InChI=1S/C11H15NO3/c1-7(11(15)12(2)3)8-4-5-9(13)10(14)6-8/h4-7,13-14H,1-3H3. The normalized spacial score (nSPS) is 12.2. The summed E-state index contributed by atoms with van der Waals surface area (Å²) in [6, 6.07) is 4.41. The molecule has 1 rings (SSSR count). The van der Waals surface area contributed by atoms with Crippen LogP contribution in [0.15, 0.2) is 18.2 Å². The third-order valence-corrected chi connectivity index (χ3v) is 2.31. The number of benzene rings is 1. The molecule has 0 aliphatic heterocycles. The van der Waals surface area contributed by atoms with Crippen molar-refractivity contribution < 1.29 is 15.0 Å². The minimum atomic E-state index is -0.327. The zero-order valence-electron chi connectivity index (χ0n) is 9.06. The highest BCUT2D eigenvalue weighted by Gasteiger charge is 2.17. The monoisotopic (exact) mass is 209 g/mol. The van der Waals surface area contributed by atoms with Crippen molar-refractivity contribution in [1.29, 1.82) is 0 Å². The smallest absolute Gasteiger partial charge is 0.229 e. The van der Waals surface area contributed by atoms with Gasteiger partial charge in [0.25, 0.3) is 0 Å². The Morgan fingerprint density at radius 2 is 1.87 bits per heavy atom. The Balaban J connectivity index is 2.97. The lowest BCUT2D eigenvalue weighted by molar-refractivity contribution is -0.129. The molecule has 1 atom stereocenters. The molecule has 0 fully saturated rings. The van der Waals surface area contributed by atoms with Gasteiger partial charge in [0.05, 0.1) is 5.92 Å². The average molecular weight is 209 g/mol. The molecule has 1 aromatic carbocycles. The van der Waals surface area contributed by atoms with Crippen LogP contribution in [0.25, 0.3) is 0 Å². The summed E-state index contributed by atoms with van der Waals surface area (Å²) < 4.78 is 0. The van der Waals surface area contributed by atoms with Crippen LogP contribution in [0, 0.1) is 0 Å². The van der Waals surface area contributed by atoms with Crippen LogP contribution in [-0.2, 0) is 4.79 Å². The molecule has 4 nitrogen and oxygen atoms in total. The van der Waals surface area contributed by atoms with E-state index in [0.29, 0.717) is 5.56 Å². The van der Waals surface area contributed by atoms with Gasteiger partial charge in [0.1, 0.15) is 0 Å². The van der Waals surface area contributed by atoms with Crippen LogP contribution in [-0.4, -0.2) is 35.1 Å². The first-order valence-corrected chi connectivity index (χ1v) is 4.66.